The van der Waals surface area contributed by atoms with Crippen LogP contribution in [-0.2, 0) is 0 Å². The maximum atomic E-state index is 4.15. The number of rotatable bonds is 7. The Morgan fingerprint density at radius 1 is 0.900 bits per heavy atom. The minimum atomic E-state index is 1.17. The summed E-state index contributed by atoms with van der Waals surface area (Å²) in [5.41, 5.74) is 2.54. The molecule has 0 spiro atoms. The molecule has 4 heteroatoms. The largest absolute Gasteiger partial charge is 0.317 e. The predicted octanol–water partition coefficient (Wildman–Crippen LogP) is 4.75. The van der Waals surface area contributed by atoms with E-state index < -0.39 is 0 Å². The smallest absolute Gasteiger partial charge is 0.115 e. The molecule has 0 rings (SSSR count). The lowest BCUT2D eigenvalue weighted by Gasteiger charge is -2.22. The van der Waals surface area contributed by atoms with Crippen LogP contribution in [0, 0.1) is 12.1 Å². The molecular weight excluding hydrogens is 284 g/mol. The van der Waals surface area contributed by atoms with Gasteiger partial charge in [0.25, 0.3) is 0 Å². The Balaban J connectivity index is 5.02. The number of thioether (sulfide) groups is 1. The third-order valence-corrected chi connectivity index (χ3v) is 5.63. The summed E-state index contributed by atoms with van der Waals surface area (Å²) in [6, 6.07) is 2.36. The molecule has 0 aromatic heterocycles. The van der Waals surface area contributed by atoms with E-state index in [2.05, 4.69) is 61.2 Å². The molecule has 0 aliphatic carbocycles. The summed E-state index contributed by atoms with van der Waals surface area (Å²) in [7, 11) is 1.96. The van der Waals surface area contributed by atoms with Crippen molar-refractivity contribution in [2.45, 2.75) is 41.5 Å². The van der Waals surface area contributed by atoms with E-state index in [1.807, 2.05) is 15.6 Å². The Bertz CT molecular complexity index is 447. The second kappa shape index (κ2) is 8.53. The molecule has 0 aliphatic rings. The molecule has 0 amide bonds. The van der Waals surface area contributed by atoms with Gasteiger partial charge in [-0.1, -0.05) is 38.8 Å². The van der Waals surface area contributed by atoms with Crippen molar-refractivity contribution in [1.82, 2.24) is 0 Å². The molecular formula is C16H28N2S2. The fourth-order valence-electron chi connectivity index (χ4n) is 1.44. The third-order valence-electron chi connectivity index (χ3n) is 3.64. The van der Waals surface area contributed by atoms with Gasteiger partial charge in [-0.25, -0.2) is 11.8 Å². The highest BCUT2D eigenvalue weighted by Crippen LogP contribution is 2.32. The van der Waals surface area contributed by atoms with Crippen molar-refractivity contribution < 1.29 is 8.56 Å². The van der Waals surface area contributed by atoms with Gasteiger partial charge in [-0.05, 0) is 25.0 Å². The van der Waals surface area contributed by atoms with Crippen LogP contribution in [0.2, 0.25) is 0 Å². The summed E-state index contributed by atoms with van der Waals surface area (Å²) in [5, 5.41) is 0. The van der Waals surface area contributed by atoms with E-state index in [1.54, 1.807) is 23.7 Å². The fourth-order valence-corrected chi connectivity index (χ4v) is 2.78. The van der Waals surface area contributed by atoms with Crippen molar-refractivity contribution in [3.8, 4) is 0 Å². The molecule has 0 unspecified atom stereocenters. The van der Waals surface area contributed by atoms with Crippen LogP contribution in [0.5, 0.6) is 0 Å². The van der Waals surface area contributed by atoms with E-state index in [-0.39, 0.29) is 0 Å². The zero-order chi connectivity index (χ0) is 16.0. The summed E-state index contributed by atoms with van der Waals surface area (Å²) in [6.45, 7) is 20.8. The highest BCUT2D eigenvalue weighted by molar-refractivity contribution is 8.02. The molecule has 0 aromatic rings. The average molecular weight is 313 g/mol. The Kier molecular flexibility index (Phi) is 8.21. The van der Waals surface area contributed by atoms with Crippen LogP contribution in [0.25, 0.3) is 0 Å². The molecule has 20 heavy (non-hydrogen) atoms. The van der Waals surface area contributed by atoms with Gasteiger partial charge in [-0.3, -0.25) is 3.98 Å². The fraction of sp³-hybridized carbons (Fsp3) is 0.500. The Labute approximate surface area is 133 Å². The maximum absolute atomic E-state index is 4.15. The van der Waals surface area contributed by atoms with Crippen LogP contribution < -0.4 is 0 Å². The summed E-state index contributed by atoms with van der Waals surface area (Å²) in [5.74, 6) is 0. The summed E-state index contributed by atoms with van der Waals surface area (Å²) < 4.78 is 3.89. The summed E-state index contributed by atoms with van der Waals surface area (Å²) in [6.07, 6.45) is 2.10. The van der Waals surface area contributed by atoms with Crippen molar-refractivity contribution in [2.24, 2.45) is 0 Å². The number of allylic oxidation sites excluding steroid dienone is 2. The average Bonchev–Trinajstić information content (AvgIpc) is 2.42. The van der Waals surface area contributed by atoms with Gasteiger partial charge in [0, 0.05) is 6.72 Å². The number of hydrogen-bond acceptors (Lipinski definition) is 2. The first-order valence-electron chi connectivity index (χ1n) is 6.53. The van der Waals surface area contributed by atoms with Crippen LogP contribution in [0.3, 0.4) is 0 Å². The van der Waals surface area contributed by atoms with Gasteiger partial charge < -0.3 is 4.58 Å². The van der Waals surface area contributed by atoms with Gasteiger partial charge in [0.15, 0.2) is 0 Å². The van der Waals surface area contributed by atoms with Crippen LogP contribution in [-0.4, -0.2) is 35.3 Å². The Morgan fingerprint density at radius 2 is 1.35 bits per heavy atom. The van der Waals surface area contributed by atoms with E-state index in [0.717, 1.165) is 0 Å². The second-order valence-electron chi connectivity index (χ2n) is 4.91. The van der Waals surface area contributed by atoms with E-state index in [0.29, 0.717) is 0 Å². The molecule has 0 heterocycles. The lowest BCUT2D eigenvalue weighted by atomic mass is 10.1. The summed E-state index contributed by atoms with van der Waals surface area (Å²) in [4.78, 5) is 2.57. The number of likely N-dealkylation sites (N-methyl/N-ethyl adjacent to an activating group) is 1. The van der Waals surface area contributed by atoms with E-state index >= 15 is 0 Å². The molecule has 114 valence electrons. The van der Waals surface area contributed by atoms with Crippen LogP contribution in [0.1, 0.15) is 41.5 Å². The highest BCUT2D eigenvalue weighted by Gasteiger charge is 2.14. The van der Waals surface area contributed by atoms with Gasteiger partial charge in [0.05, 0.1) is 18.8 Å². The first-order valence-corrected chi connectivity index (χ1v) is 8.52. The minimum absolute atomic E-state index is 1.17. The van der Waals surface area contributed by atoms with Gasteiger partial charge >= 0.3 is 0 Å². The predicted molar refractivity (Wildman–Crippen MR) is 96.4 cm³/mol. The number of nitrogens with zero attached hydrogens (tertiary/aromatic N) is 2. The van der Waals surface area contributed by atoms with Crippen molar-refractivity contribution in [3.05, 3.63) is 33.0 Å². The number of hydrogen-bond donors (Lipinski definition) is 0. The molecule has 0 radical (unpaired) electrons. The normalized spacial score (nSPS) is 13.4. The van der Waals surface area contributed by atoms with Gasteiger partial charge in [0.1, 0.15) is 19.0 Å². The van der Waals surface area contributed by atoms with E-state index in [1.165, 1.54) is 33.0 Å². The molecule has 0 aliphatic heterocycles. The SMILES string of the molecule is C=[N+](C)[C-](C)/C(C)=C(/C)S[N+](=C)[C-](C)/C(C)=C(/C)SC. The quantitative estimate of drug-likeness (QED) is 0.290. The lowest BCUT2D eigenvalue weighted by molar-refractivity contribution is -0.465. The van der Waals surface area contributed by atoms with Crippen LogP contribution >= 0.6 is 23.7 Å². The highest BCUT2D eigenvalue weighted by atomic mass is 32.2. The monoisotopic (exact) mass is 312 g/mol. The van der Waals surface area contributed by atoms with Crippen molar-refractivity contribution >= 4 is 37.1 Å². The molecule has 0 aromatic carbocycles. The van der Waals surface area contributed by atoms with Gasteiger partial charge in [0.2, 0.25) is 0 Å². The van der Waals surface area contributed by atoms with Crippen LogP contribution in [0.15, 0.2) is 21.0 Å². The molecule has 0 N–H and O–H groups in total. The first kappa shape index (κ1) is 19.3. The van der Waals surface area contributed by atoms with E-state index in [9.17, 15) is 0 Å². The first-order chi connectivity index (χ1) is 9.13. The second-order valence-corrected chi connectivity index (χ2v) is 7.16. The zero-order valence-corrected chi connectivity index (χ0v) is 15.8. The third kappa shape index (κ3) is 5.33. The summed E-state index contributed by atoms with van der Waals surface area (Å²) >= 11 is 3.44. The standard InChI is InChI=1S/C16H28N2S2/c1-11(13(3)17(7)8)16(6)20-18(9)14(4)12(2)15(5)19-10/h7,9H2,1-6,8,10H3/b15-12-,16-11-. The van der Waals surface area contributed by atoms with Crippen molar-refractivity contribution in [1.29, 1.82) is 0 Å². The topological polar surface area (TPSA) is 6.02 Å². The molecule has 0 atom stereocenters. The Morgan fingerprint density at radius 3 is 1.75 bits per heavy atom. The molecule has 2 nitrogen and oxygen atoms in total. The van der Waals surface area contributed by atoms with Crippen molar-refractivity contribution in [3.63, 3.8) is 0 Å². The molecule has 0 saturated heterocycles. The zero-order valence-electron chi connectivity index (χ0n) is 14.1. The molecule has 0 fully saturated rings. The molecule has 0 bridgehead atoms. The molecule has 0 saturated carbocycles. The van der Waals surface area contributed by atoms with E-state index in [4.69, 9.17) is 0 Å². The van der Waals surface area contributed by atoms with Gasteiger partial charge in [-0.15, -0.1) is 4.91 Å². The Hall–Kier alpha value is -0.740. The van der Waals surface area contributed by atoms with Crippen LogP contribution in [0.4, 0.5) is 0 Å². The lowest BCUT2D eigenvalue weighted by Crippen LogP contribution is -2.13. The van der Waals surface area contributed by atoms with Gasteiger partial charge in [-0.2, -0.15) is 0 Å². The minimum Gasteiger partial charge on any atom is -0.317 e. The maximum Gasteiger partial charge on any atom is 0.115 e. The van der Waals surface area contributed by atoms with Crippen molar-refractivity contribution in [2.75, 3.05) is 13.3 Å².